The summed E-state index contributed by atoms with van der Waals surface area (Å²) in [5.41, 5.74) is 6.70. The normalized spacial score (nSPS) is 22.1. The number of aliphatic carboxylic acids is 1. The monoisotopic (exact) mass is 602 g/mol. The van der Waals surface area contributed by atoms with E-state index in [9.17, 15) is 24.3 Å². The number of aliphatic hydroxyl groups is 1. The summed E-state index contributed by atoms with van der Waals surface area (Å²) in [6.45, 7) is -0.112. The van der Waals surface area contributed by atoms with Gasteiger partial charge in [-0.2, -0.15) is 0 Å². The maximum absolute atomic E-state index is 14.6. The Bertz CT molecular complexity index is 1580. The Morgan fingerprint density at radius 2 is 1.64 bits per heavy atom. The molecular formula is C32H34N4O8. The van der Waals surface area contributed by atoms with Crippen LogP contribution in [0.1, 0.15) is 28.3 Å². The number of urea groups is 1. The second-order valence-electron chi connectivity index (χ2n) is 10.7. The predicted molar refractivity (Wildman–Crippen MR) is 159 cm³/mol. The molecule has 1 saturated heterocycles. The molecule has 2 aliphatic rings. The highest BCUT2D eigenvalue weighted by Crippen LogP contribution is 2.58. The molecule has 12 nitrogen and oxygen atoms in total. The molecule has 230 valence electrons. The number of benzene rings is 3. The van der Waals surface area contributed by atoms with Crippen LogP contribution in [0.5, 0.6) is 11.5 Å². The summed E-state index contributed by atoms with van der Waals surface area (Å²) in [4.78, 5) is 54.4. The van der Waals surface area contributed by atoms with Gasteiger partial charge in [-0.3, -0.25) is 19.7 Å². The van der Waals surface area contributed by atoms with Crippen molar-refractivity contribution in [2.45, 2.75) is 30.3 Å². The molecular weight excluding hydrogens is 568 g/mol. The number of fused-ring (bicyclic) bond motifs is 2. The van der Waals surface area contributed by atoms with Crippen molar-refractivity contribution >= 4 is 29.5 Å². The van der Waals surface area contributed by atoms with E-state index in [1.54, 1.807) is 49.6 Å². The number of carbonyl (C=O) groups is 4. The van der Waals surface area contributed by atoms with Crippen molar-refractivity contribution < 1.29 is 38.9 Å². The zero-order valence-electron chi connectivity index (χ0n) is 24.3. The molecule has 0 unspecified atom stereocenters. The molecule has 3 aromatic rings. The van der Waals surface area contributed by atoms with Gasteiger partial charge in [-0.15, -0.1) is 0 Å². The molecule has 0 aromatic heterocycles. The summed E-state index contributed by atoms with van der Waals surface area (Å²) >= 11 is 0. The zero-order valence-corrected chi connectivity index (χ0v) is 24.3. The number of carboxylic acid groups (broad SMARTS) is 1. The number of nitrogens with one attached hydrogen (secondary N) is 2. The Kier molecular flexibility index (Phi) is 8.56. The number of aryl methyl sites for hydroxylation is 2. The van der Waals surface area contributed by atoms with Gasteiger partial charge in [-0.05, 0) is 65.4 Å². The number of ether oxygens (including phenoxy) is 2. The van der Waals surface area contributed by atoms with Crippen LogP contribution in [0, 0.1) is 5.92 Å². The van der Waals surface area contributed by atoms with Crippen molar-refractivity contribution in [1.29, 1.82) is 0 Å². The number of hydrogen-bond acceptors (Lipinski definition) is 8. The maximum atomic E-state index is 14.6. The lowest BCUT2D eigenvalue weighted by Gasteiger charge is -2.33. The van der Waals surface area contributed by atoms with E-state index < -0.39 is 47.2 Å². The summed E-state index contributed by atoms with van der Waals surface area (Å²) in [5.74, 6) is -3.58. The Hall–Kier alpha value is -4.94. The molecule has 44 heavy (non-hydrogen) atoms. The van der Waals surface area contributed by atoms with Crippen LogP contribution < -0.4 is 30.7 Å². The number of nitrogens with two attached hydrogens (primary N) is 1. The first-order chi connectivity index (χ1) is 21.2. The van der Waals surface area contributed by atoms with E-state index in [1.165, 1.54) is 7.05 Å². The second kappa shape index (κ2) is 12.3. The number of carboxylic acids is 1. The van der Waals surface area contributed by atoms with Crippen LogP contribution in [-0.2, 0) is 32.6 Å². The second-order valence-corrected chi connectivity index (χ2v) is 10.7. The molecule has 4 atom stereocenters. The van der Waals surface area contributed by atoms with E-state index in [-0.39, 0.29) is 18.9 Å². The zero-order chi connectivity index (χ0) is 31.6. The fraction of sp³-hybridized carbons (Fsp3) is 0.312. The lowest BCUT2D eigenvalue weighted by molar-refractivity contribution is -0.148. The number of aliphatic hydroxyl groups excluding tert-OH is 1. The number of primary amides is 1. The number of rotatable bonds is 10. The molecule has 0 bridgehead atoms. The van der Waals surface area contributed by atoms with Crippen molar-refractivity contribution in [3.8, 4) is 11.5 Å². The Balaban J connectivity index is 1.66. The molecule has 1 spiro atoms. The van der Waals surface area contributed by atoms with Gasteiger partial charge in [0.15, 0.2) is 0 Å². The molecule has 2 heterocycles. The number of amides is 4. The van der Waals surface area contributed by atoms with E-state index >= 15 is 0 Å². The summed E-state index contributed by atoms with van der Waals surface area (Å²) in [5, 5.41) is 25.2. The minimum Gasteiger partial charge on any atom is -0.497 e. The standard InChI is InChI=1S/C32H34N4O8/c1-34-31(42)36-24-14-7-19(4-3-18-5-10-21(43-2)11-6-18)17-23(24)32(30(36)41)25(29(39)40)26(28(33)38)35-27(32)20-8-12-22(13-9-20)44-16-15-37/h5-14,17,25-27,35,37H,3-4,15-16H2,1-2H3,(H2,33,38)(H,34,42)(H,39,40)/t25-,26-,27+,32-/m1/s1. The summed E-state index contributed by atoms with van der Waals surface area (Å²) in [7, 11) is 2.97. The molecule has 4 amide bonds. The van der Waals surface area contributed by atoms with E-state index in [0.29, 0.717) is 29.7 Å². The quantitative estimate of drug-likeness (QED) is 0.231. The van der Waals surface area contributed by atoms with Crippen molar-refractivity contribution in [3.05, 3.63) is 89.0 Å². The minimum atomic E-state index is -1.91. The summed E-state index contributed by atoms with van der Waals surface area (Å²) < 4.78 is 10.7. The van der Waals surface area contributed by atoms with Crippen LogP contribution in [-0.4, -0.2) is 67.4 Å². The smallest absolute Gasteiger partial charge is 0.328 e. The Morgan fingerprint density at radius 3 is 2.23 bits per heavy atom. The van der Waals surface area contributed by atoms with Crippen LogP contribution in [0.25, 0.3) is 0 Å². The van der Waals surface area contributed by atoms with Gasteiger partial charge in [0, 0.05) is 7.05 Å². The van der Waals surface area contributed by atoms with Gasteiger partial charge < -0.3 is 30.7 Å². The highest BCUT2D eigenvalue weighted by atomic mass is 16.5. The first-order valence-electron chi connectivity index (χ1n) is 14.1. The lowest BCUT2D eigenvalue weighted by atomic mass is 9.65. The number of hydrogen-bond donors (Lipinski definition) is 5. The average Bonchev–Trinajstić information content (AvgIpc) is 3.52. The van der Waals surface area contributed by atoms with Crippen LogP contribution >= 0.6 is 0 Å². The average molecular weight is 603 g/mol. The third-order valence-electron chi connectivity index (χ3n) is 8.35. The third kappa shape index (κ3) is 5.12. The molecule has 0 saturated carbocycles. The number of imide groups is 1. The maximum Gasteiger partial charge on any atom is 0.328 e. The number of nitrogens with zero attached hydrogens (tertiary/aromatic N) is 1. The van der Waals surface area contributed by atoms with Gasteiger partial charge in [0.1, 0.15) is 35.5 Å². The topological polar surface area (TPSA) is 181 Å². The fourth-order valence-corrected chi connectivity index (χ4v) is 6.36. The molecule has 12 heteroatoms. The molecule has 6 N–H and O–H groups in total. The SMILES string of the molecule is CNC(=O)N1C(=O)[C@@]2(c3cc(CCc4ccc(OC)cc4)ccc31)[C@H](c1ccc(OCCO)cc1)N[C@@H](C(N)=O)[C@@H]2C(=O)O. The van der Waals surface area contributed by atoms with Crippen molar-refractivity contribution in [2.24, 2.45) is 11.7 Å². The number of methoxy groups -OCH3 is 1. The Labute approximate surface area is 253 Å². The first-order valence-corrected chi connectivity index (χ1v) is 14.1. The van der Waals surface area contributed by atoms with Gasteiger partial charge in [0.25, 0.3) is 0 Å². The molecule has 0 radical (unpaired) electrons. The van der Waals surface area contributed by atoms with E-state index in [2.05, 4.69) is 10.6 Å². The third-order valence-corrected chi connectivity index (χ3v) is 8.35. The van der Waals surface area contributed by atoms with Crippen LogP contribution in [0.4, 0.5) is 10.5 Å². The van der Waals surface area contributed by atoms with E-state index in [1.807, 2.05) is 24.3 Å². The van der Waals surface area contributed by atoms with Crippen LogP contribution in [0.2, 0.25) is 0 Å². The largest absolute Gasteiger partial charge is 0.497 e. The van der Waals surface area contributed by atoms with Gasteiger partial charge >= 0.3 is 12.0 Å². The highest BCUT2D eigenvalue weighted by molar-refractivity contribution is 6.24. The van der Waals surface area contributed by atoms with Crippen molar-refractivity contribution in [3.63, 3.8) is 0 Å². The van der Waals surface area contributed by atoms with Gasteiger partial charge in [0.05, 0.1) is 25.4 Å². The van der Waals surface area contributed by atoms with Crippen molar-refractivity contribution in [1.82, 2.24) is 10.6 Å². The van der Waals surface area contributed by atoms with E-state index in [0.717, 1.165) is 21.8 Å². The van der Waals surface area contributed by atoms with Crippen molar-refractivity contribution in [2.75, 3.05) is 32.3 Å². The number of carbonyl (C=O) groups excluding carboxylic acids is 3. The molecule has 0 aliphatic carbocycles. The molecule has 5 rings (SSSR count). The highest BCUT2D eigenvalue weighted by Gasteiger charge is 2.70. The van der Waals surface area contributed by atoms with Gasteiger partial charge in [0.2, 0.25) is 11.8 Å². The number of anilines is 1. The predicted octanol–water partition coefficient (Wildman–Crippen LogP) is 1.67. The first kappa shape index (κ1) is 30.5. The fourth-order valence-electron chi connectivity index (χ4n) is 6.36. The minimum absolute atomic E-state index is 0.0715. The summed E-state index contributed by atoms with van der Waals surface area (Å²) in [6, 6.07) is 16.2. The molecule has 1 fully saturated rings. The Morgan fingerprint density at radius 1 is 1.00 bits per heavy atom. The van der Waals surface area contributed by atoms with Crippen LogP contribution in [0.15, 0.2) is 66.7 Å². The molecule has 3 aromatic carbocycles. The van der Waals surface area contributed by atoms with E-state index in [4.69, 9.17) is 20.3 Å². The lowest BCUT2D eigenvalue weighted by Crippen LogP contribution is -2.54. The van der Waals surface area contributed by atoms with Gasteiger partial charge in [-0.25, -0.2) is 9.69 Å². The van der Waals surface area contributed by atoms with Crippen LogP contribution in [0.3, 0.4) is 0 Å². The summed E-state index contributed by atoms with van der Waals surface area (Å²) in [6.07, 6.45) is 1.20. The molecule has 2 aliphatic heterocycles. The van der Waals surface area contributed by atoms with Gasteiger partial charge in [-0.1, -0.05) is 36.4 Å².